The second-order valence-corrected chi connectivity index (χ2v) is 2.46. The van der Waals surface area contributed by atoms with Gasteiger partial charge in [-0.05, 0) is 6.07 Å². The van der Waals surface area contributed by atoms with Gasteiger partial charge in [0, 0.05) is 20.3 Å². The lowest BCUT2D eigenvalue weighted by Crippen LogP contribution is -1.98. The Bertz CT molecular complexity index is 371. The lowest BCUT2D eigenvalue weighted by atomic mass is 10.4. The molecule has 0 spiro atoms. The summed E-state index contributed by atoms with van der Waals surface area (Å²) in [6.45, 7) is 0. The third kappa shape index (κ3) is 0.721. The number of anilines is 1. The van der Waals surface area contributed by atoms with E-state index in [1.165, 1.54) is 0 Å². The molecule has 0 aliphatic rings. The third-order valence-corrected chi connectivity index (χ3v) is 1.79. The predicted molar refractivity (Wildman–Crippen MR) is 44.6 cm³/mol. The van der Waals surface area contributed by atoms with E-state index in [-0.39, 0.29) is 0 Å². The number of rotatable bonds is 1. The zero-order chi connectivity index (χ0) is 7.84. The van der Waals surface area contributed by atoms with Crippen molar-refractivity contribution in [2.45, 2.75) is 0 Å². The Kier molecular flexibility index (Phi) is 1.15. The molecule has 2 rings (SSSR count). The highest BCUT2D eigenvalue weighted by Crippen LogP contribution is 2.19. The zero-order valence-electron chi connectivity index (χ0n) is 6.55. The van der Waals surface area contributed by atoms with Crippen molar-refractivity contribution < 1.29 is 0 Å². The van der Waals surface area contributed by atoms with Crippen molar-refractivity contribution in [2.75, 3.05) is 12.4 Å². The van der Waals surface area contributed by atoms with E-state index in [9.17, 15) is 0 Å². The lowest BCUT2D eigenvalue weighted by Gasteiger charge is -1.97. The van der Waals surface area contributed by atoms with Gasteiger partial charge in [-0.1, -0.05) is 0 Å². The van der Waals surface area contributed by atoms with Gasteiger partial charge in [0.15, 0.2) is 5.65 Å². The standard InChI is InChI=1S/C7H10N4/c1-8-7-5-3-4-9-6(5)10-11(7)2/h3-4,8H,1-2H3,(H,9,10). The third-order valence-electron chi connectivity index (χ3n) is 1.79. The fourth-order valence-electron chi connectivity index (χ4n) is 1.31. The van der Waals surface area contributed by atoms with Crippen LogP contribution in [0.2, 0.25) is 0 Å². The van der Waals surface area contributed by atoms with Crippen LogP contribution < -0.4 is 5.32 Å². The molecule has 0 radical (unpaired) electrons. The number of hydrogen-bond acceptors (Lipinski definition) is 2. The summed E-state index contributed by atoms with van der Waals surface area (Å²) in [7, 11) is 3.81. The van der Waals surface area contributed by atoms with Gasteiger partial charge in [0.1, 0.15) is 5.82 Å². The van der Waals surface area contributed by atoms with E-state index in [1.54, 1.807) is 0 Å². The van der Waals surface area contributed by atoms with Gasteiger partial charge in [-0.3, -0.25) is 4.68 Å². The molecule has 0 unspecified atom stereocenters. The van der Waals surface area contributed by atoms with E-state index >= 15 is 0 Å². The molecule has 2 aromatic rings. The molecule has 0 bridgehead atoms. The van der Waals surface area contributed by atoms with Crippen LogP contribution in [0.1, 0.15) is 0 Å². The van der Waals surface area contributed by atoms with Crippen molar-refractivity contribution in [2.24, 2.45) is 7.05 Å². The first-order valence-electron chi connectivity index (χ1n) is 3.51. The second kappa shape index (κ2) is 2.02. The summed E-state index contributed by atoms with van der Waals surface area (Å²) in [5.74, 6) is 1.04. The quantitative estimate of drug-likeness (QED) is 0.635. The van der Waals surface area contributed by atoms with Gasteiger partial charge >= 0.3 is 0 Å². The maximum atomic E-state index is 4.24. The minimum absolute atomic E-state index is 0.928. The minimum Gasteiger partial charge on any atom is -0.373 e. The number of H-pyrrole nitrogens is 1. The van der Waals surface area contributed by atoms with Gasteiger partial charge in [-0.25, -0.2) is 0 Å². The maximum absolute atomic E-state index is 4.24. The molecule has 58 valence electrons. The van der Waals surface area contributed by atoms with Crippen LogP contribution in [0, 0.1) is 0 Å². The molecule has 0 amide bonds. The van der Waals surface area contributed by atoms with Crippen molar-refractivity contribution in [3.05, 3.63) is 12.3 Å². The number of aromatic nitrogens is 3. The summed E-state index contributed by atoms with van der Waals surface area (Å²) in [5, 5.41) is 8.46. The summed E-state index contributed by atoms with van der Waals surface area (Å²) in [5.41, 5.74) is 0.928. The molecular formula is C7H10N4. The maximum Gasteiger partial charge on any atom is 0.161 e. The largest absolute Gasteiger partial charge is 0.373 e. The Morgan fingerprint density at radius 3 is 3.18 bits per heavy atom. The number of hydrogen-bond donors (Lipinski definition) is 2. The Hall–Kier alpha value is -1.45. The van der Waals surface area contributed by atoms with E-state index < -0.39 is 0 Å². The summed E-state index contributed by atoms with van der Waals surface area (Å²) >= 11 is 0. The summed E-state index contributed by atoms with van der Waals surface area (Å²) < 4.78 is 1.82. The van der Waals surface area contributed by atoms with E-state index in [0.717, 1.165) is 16.9 Å². The molecule has 0 fully saturated rings. The van der Waals surface area contributed by atoms with Gasteiger partial charge in [-0.2, -0.15) is 5.10 Å². The van der Waals surface area contributed by atoms with Crippen LogP contribution in [0.3, 0.4) is 0 Å². The van der Waals surface area contributed by atoms with Crippen LogP contribution >= 0.6 is 0 Å². The van der Waals surface area contributed by atoms with E-state index in [0.29, 0.717) is 0 Å². The smallest absolute Gasteiger partial charge is 0.161 e. The highest BCUT2D eigenvalue weighted by atomic mass is 15.3. The van der Waals surface area contributed by atoms with Gasteiger partial charge < -0.3 is 10.3 Å². The van der Waals surface area contributed by atoms with Crippen LogP contribution in [-0.2, 0) is 7.05 Å². The number of nitrogens with one attached hydrogen (secondary N) is 2. The van der Waals surface area contributed by atoms with Crippen molar-refractivity contribution in [3.63, 3.8) is 0 Å². The van der Waals surface area contributed by atoms with Crippen molar-refractivity contribution in [1.29, 1.82) is 0 Å². The van der Waals surface area contributed by atoms with Crippen molar-refractivity contribution in [3.8, 4) is 0 Å². The normalized spacial score (nSPS) is 10.7. The van der Waals surface area contributed by atoms with Crippen LogP contribution in [0.15, 0.2) is 12.3 Å². The highest BCUT2D eigenvalue weighted by molar-refractivity contribution is 5.87. The molecular weight excluding hydrogens is 140 g/mol. The van der Waals surface area contributed by atoms with Crippen LogP contribution in [0.25, 0.3) is 11.0 Å². The first kappa shape index (κ1) is 6.27. The molecule has 0 aliphatic heterocycles. The molecule has 4 nitrogen and oxygen atoms in total. The van der Waals surface area contributed by atoms with Crippen molar-refractivity contribution in [1.82, 2.24) is 14.8 Å². The first-order valence-corrected chi connectivity index (χ1v) is 3.51. The van der Waals surface area contributed by atoms with Crippen molar-refractivity contribution >= 4 is 16.9 Å². The Balaban J connectivity index is 2.80. The molecule has 0 saturated heterocycles. The molecule has 2 N–H and O–H groups in total. The lowest BCUT2D eigenvalue weighted by molar-refractivity contribution is 0.782. The topological polar surface area (TPSA) is 45.6 Å². The number of aromatic amines is 1. The fourth-order valence-corrected chi connectivity index (χ4v) is 1.31. The number of aryl methyl sites for hydroxylation is 1. The number of nitrogens with zero attached hydrogens (tertiary/aromatic N) is 2. The Morgan fingerprint density at radius 1 is 1.64 bits per heavy atom. The summed E-state index contributed by atoms with van der Waals surface area (Å²) in [6, 6.07) is 2.01. The molecule has 0 aliphatic carbocycles. The van der Waals surface area contributed by atoms with Crippen LogP contribution in [0.4, 0.5) is 5.82 Å². The predicted octanol–water partition coefficient (Wildman–Crippen LogP) is 0.943. The monoisotopic (exact) mass is 150 g/mol. The Labute approximate surface area is 64.2 Å². The molecule has 0 aromatic carbocycles. The Morgan fingerprint density at radius 2 is 2.45 bits per heavy atom. The zero-order valence-corrected chi connectivity index (χ0v) is 6.55. The number of fused-ring (bicyclic) bond motifs is 1. The SMILES string of the molecule is CNc1c2cc[nH]c2nn1C. The van der Waals surface area contributed by atoms with E-state index in [2.05, 4.69) is 15.4 Å². The fraction of sp³-hybridized carbons (Fsp3) is 0.286. The summed E-state index contributed by atoms with van der Waals surface area (Å²) in [6.07, 6.45) is 1.89. The van der Waals surface area contributed by atoms with Gasteiger partial charge in [-0.15, -0.1) is 0 Å². The molecule has 0 atom stereocenters. The van der Waals surface area contributed by atoms with Gasteiger partial charge in [0.05, 0.1) is 5.39 Å². The second-order valence-electron chi connectivity index (χ2n) is 2.46. The summed E-state index contributed by atoms with van der Waals surface area (Å²) in [4.78, 5) is 3.04. The average molecular weight is 150 g/mol. The first-order chi connectivity index (χ1) is 5.33. The molecule has 4 heteroatoms. The average Bonchev–Trinajstić information content (AvgIpc) is 2.46. The van der Waals surface area contributed by atoms with Gasteiger partial charge in [0.2, 0.25) is 0 Å². The van der Waals surface area contributed by atoms with E-state index in [1.807, 2.05) is 31.0 Å². The minimum atomic E-state index is 0.928. The highest BCUT2D eigenvalue weighted by Gasteiger charge is 2.05. The van der Waals surface area contributed by atoms with E-state index in [4.69, 9.17) is 0 Å². The molecule has 2 aromatic heterocycles. The molecule has 0 saturated carbocycles. The van der Waals surface area contributed by atoms with Gasteiger partial charge in [0.25, 0.3) is 0 Å². The molecule has 11 heavy (non-hydrogen) atoms. The molecule has 2 heterocycles. The van der Waals surface area contributed by atoms with Crippen LogP contribution in [0.5, 0.6) is 0 Å². The van der Waals surface area contributed by atoms with Crippen LogP contribution in [-0.4, -0.2) is 21.8 Å².